The van der Waals surface area contributed by atoms with E-state index in [1.807, 2.05) is 6.07 Å². The van der Waals surface area contributed by atoms with Crippen molar-refractivity contribution >= 4 is 0 Å². The van der Waals surface area contributed by atoms with E-state index in [1.165, 1.54) is 25.7 Å². The Labute approximate surface area is 180 Å². The molecule has 0 unspecified atom stereocenters. The quantitative estimate of drug-likeness (QED) is 0.283. The van der Waals surface area contributed by atoms with Gasteiger partial charge in [0.15, 0.2) is 17.5 Å². The largest absolute Gasteiger partial charge is 0.206 e. The number of hydrogen-bond donors (Lipinski definition) is 0. The van der Waals surface area contributed by atoms with Crippen LogP contribution < -0.4 is 0 Å². The average molecular weight is 426 g/mol. The topological polar surface area (TPSA) is 0 Å². The molecule has 0 spiro atoms. The van der Waals surface area contributed by atoms with Crippen molar-refractivity contribution in [2.45, 2.75) is 51.4 Å². The first-order valence-corrected chi connectivity index (χ1v) is 11.0. The van der Waals surface area contributed by atoms with Gasteiger partial charge >= 0.3 is 0 Å². The van der Waals surface area contributed by atoms with Crippen molar-refractivity contribution in [3.8, 4) is 22.3 Å². The Kier molecular flexibility index (Phi) is 6.45. The minimum absolute atomic E-state index is 0.171. The summed E-state index contributed by atoms with van der Waals surface area (Å²) in [6, 6.07) is 14.0. The van der Waals surface area contributed by atoms with Gasteiger partial charge in [-0.3, -0.25) is 0 Å². The maximum Gasteiger partial charge on any atom is 0.194 e. The summed E-state index contributed by atoms with van der Waals surface area (Å²) in [6.07, 6.45) is 7.00. The van der Waals surface area contributed by atoms with E-state index in [0.717, 1.165) is 36.5 Å². The van der Waals surface area contributed by atoms with E-state index in [0.29, 0.717) is 22.6 Å². The van der Waals surface area contributed by atoms with Crippen LogP contribution in [0.2, 0.25) is 0 Å². The lowest BCUT2D eigenvalue weighted by atomic mass is 9.77. The second-order valence-corrected chi connectivity index (χ2v) is 8.55. The SMILES string of the molecule is CCCC1CCC(c2ccc(-c3ccccc3-c3cc(F)c(F)c(F)c3)c(F)c2)CC1. The Morgan fingerprint density at radius 1 is 0.710 bits per heavy atom. The fourth-order valence-electron chi connectivity index (χ4n) is 4.88. The molecule has 4 rings (SSSR count). The lowest BCUT2D eigenvalue weighted by molar-refractivity contribution is 0.308. The lowest BCUT2D eigenvalue weighted by Gasteiger charge is -2.28. The monoisotopic (exact) mass is 426 g/mol. The molecule has 1 aliphatic rings. The van der Waals surface area contributed by atoms with E-state index in [1.54, 1.807) is 36.4 Å². The maximum absolute atomic E-state index is 15.2. The van der Waals surface area contributed by atoms with Gasteiger partial charge in [-0.2, -0.15) is 0 Å². The highest BCUT2D eigenvalue weighted by Gasteiger charge is 2.23. The zero-order valence-electron chi connectivity index (χ0n) is 17.6. The van der Waals surface area contributed by atoms with Crippen molar-refractivity contribution in [3.05, 3.63) is 83.4 Å². The summed E-state index contributed by atoms with van der Waals surface area (Å²) in [7, 11) is 0. The van der Waals surface area contributed by atoms with Gasteiger partial charge in [0.05, 0.1) is 0 Å². The van der Waals surface area contributed by atoms with Crippen LogP contribution >= 0.6 is 0 Å². The van der Waals surface area contributed by atoms with Crippen LogP contribution in [0.4, 0.5) is 17.6 Å². The van der Waals surface area contributed by atoms with Crippen LogP contribution in [-0.2, 0) is 0 Å². The fourth-order valence-corrected chi connectivity index (χ4v) is 4.88. The second-order valence-electron chi connectivity index (χ2n) is 8.55. The summed E-state index contributed by atoms with van der Waals surface area (Å²) in [5.41, 5.74) is 2.51. The molecular weight excluding hydrogens is 400 g/mol. The zero-order valence-corrected chi connectivity index (χ0v) is 17.6. The molecule has 0 radical (unpaired) electrons. The van der Waals surface area contributed by atoms with E-state index in [4.69, 9.17) is 0 Å². The molecule has 0 saturated heterocycles. The van der Waals surface area contributed by atoms with Gasteiger partial charge in [0.1, 0.15) is 5.82 Å². The molecule has 0 amide bonds. The summed E-state index contributed by atoms with van der Waals surface area (Å²) in [6.45, 7) is 2.22. The summed E-state index contributed by atoms with van der Waals surface area (Å²) < 4.78 is 56.2. The van der Waals surface area contributed by atoms with Crippen molar-refractivity contribution in [2.24, 2.45) is 5.92 Å². The van der Waals surface area contributed by atoms with Crippen molar-refractivity contribution in [2.75, 3.05) is 0 Å². The van der Waals surface area contributed by atoms with Crippen molar-refractivity contribution in [1.82, 2.24) is 0 Å². The van der Waals surface area contributed by atoms with Crippen LogP contribution in [0.5, 0.6) is 0 Å². The second kappa shape index (κ2) is 9.25. The molecule has 31 heavy (non-hydrogen) atoms. The molecule has 0 nitrogen and oxygen atoms in total. The van der Waals surface area contributed by atoms with Crippen LogP contribution in [0.1, 0.15) is 56.9 Å². The highest BCUT2D eigenvalue weighted by atomic mass is 19.2. The minimum atomic E-state index is -1.51. The van der Waals surface area contributed by atoms with Crippen molar-refractivity contribution in [1.29, 1.82) is 0 Å². The van der Waals surface area contributed by atoms with E-state index >= 15 is 4.39 Å². The van der Waals surface area contributed by atoms with E-state index < -0.39 is 17.5 Å². The molecule has 0 aliphatic heterocycles. The molecular formula is C27H26F4. The normalized spacial score (nSPS) is 18.9. The van der Waals surface area contributed by atoms with Crippen molar-refractivity contribution < 1.29 is 17.6 Å². The van der Waals surface area contributed by atoms with Gasteiger partial charge in [0, 0.05) is 5.56 Å². The Balaban J connectivity index is 1.64. The van der Waals surface area contributed by atoms with Crippen molar-refractivity contribution in [3.63, 3.8) is 0 Å². The molecule has 4 heteroatoms. The minimum Gasteiger partial charge on any atom is -0.206 e. The molecule has 3 aromatic carbocycles. The number of hydrogen-bond acceptors (Lipinski definition) is 0. The van der Waals surface area contributed by atoms with Gasteiger partial charge in [-0.05, 0) is 78.0 Å². The first kappa shape index (κ1) is 21.6. The first-order chi connectivity index (χ1) is 15.0. The number of halogens is 4. The molecule has 1 fully saturated rings. The van der Waals surface area contributed by atoms with Crippen LogP contribution in [0.15, 0.2) is 54.6 Å². The Morgan fingerprint density at radius 3 is 1.97 bits per heavy atom. The standard InChI is InChI=1S/C27H26F4/c1-2-5-17-8-10-18(11-9-17)19-12-13-23(24(28)14-19)22-7-4-3-6-21(22)20-15-25(29)27(31)26(30)16-20/h3-4,6-7,12-18H,2,5,8-11H2,1H3. The summed E-state index contributed by atoms with van der Waals surface area (Å²) in [5.74, 6) is -3.24. The molecule has 0 N–H and O–H groups in total. The lowest BCUT2D eigenvalue weighted by Crippen LogP contribution is -2.13. The average Bonchev–Trinajstić information content (AvgIpc) is 2.78. The molecule has 0 bridgehead atoms. The van der Waals surface area contributed by atoms with Gasteiger partial charge in [0.25, 0.3) is 0 Å². The Bertz CT molecular complexity index is 1040. The molecule has 162 valence electrons. The van der Waals surface area contributed by atoms with Crippen LogP contribution in [0.25, 0.3) is 22.3 Å². The predicted octanol–water partition coefficient (Wildman–Crippen LogP) is 8.65. The van der Waals surface area contributed by atoms with Gasteiger partial charge in [-0.1, -0.05) is 56.2 Å². The third-order valence-electron chi connectivity index (χ3n) is 6.52. The highest BCUT2D eigenvalue weighted by molar-refractivity contribution is 5.83. The third kappa shape index (κ3) is 4.53. The van der Waals surface area contributed by atoms with E-state index in [2.05, 4.69) is 6.92 Å². The van der Waals surface area contributed by atoms with Crippen LogP contribution in [0, 0.1) is 29.2 Å². The van der Waals surface area contributed by atoms with Crippen LogP contribution in [-0.4, -0.2) is 0 Å². The summed E-state index contributed by atoms with van der Waals surface area (Å²) >= 11 is 0. The van der Waals surface area contributed by atoms with Gasteiger partial charge in [-0.15, -0.1) is 0 Å². The van der Waals surface area contributed by atoms with E-state index in [9.17, 15) is 13.2 Å². The molecule has 1 saturated carbocycles. The molecule has 1 aliphatic carbocycles. The molecule has 0 aromatic heterocycles. The van der Waals surface area contributed by atoms with E-state index in [-0.39, 0.29) is 11.4 Å². The number of benzene rings is 3. The summed E-state index contributed by atoms with van der Waals surface area (Å²) in [4.78, 5) is 0. The van der Waals surface area contributed by atoms with Crippen LogP contribution in [0.3, 0.4) is 0 Å². The molecule has 0 atom stereocenters. The Hall–Kier alpha value is -2.62. The fraction of sp³-hybridized carbons (Fsp3) is 0.333. The third-order valence-corrected chi connectivity index (χ3v) is 6.52. The first-order valence-electron chi connectivity index (χ1n) is 11.0. The molecule has 0 heterocycles. The highest BCUT2D eigenvalue weighted by Crippen LogP contribution is 2.40. The summed E-state index contributed by atoms with van der Waals surface area (Å²) in [5, 5.41) is 0. The van der Waals surface area contributed by atoms with Gasteiger partial charge in [0.2, 0.25) is 0 Å². The van der Waals surface area contributed by atoms with Gasteiger partial charge in [-0.25, -0.2) is 17.6 Å². The zero-order chi connectivity index (χ0) is 22.0. The smallest absolute Gasteiger partial charge is 0.194 e. The molecule has 3 aromatic rings. The number of rotatable bonds is 5. The maximum atomic E-state index is 15.2. The Morgan fingerprint density at radius 2 is 1.35 bits per heavy atom. The van der Waals surface area contributed by atoms with Gasteiger partial charge < -0.3 is 0 Å². The predicted molar refractivity (Wildman–Crippen MR) is 117 cm³/mol.